The second kappa shape index (κ2) is 48.2. The van der Waals surface area contributed by atoms with Crippen molar-refractivity contribution >= 4 is 201 Å². The average molecular weight is 2130 g/mol. The fourth-order valence-corrected chi connectivity index (χ4v) is 20.6. The molecule has 12 rings (SSSR count). The lowest BCUT2D eigenvalue weighted by Crippen LogP contribution is -2.34. The van der Waals surface area contributed by atoms with Gasteiger partial charge in [-0.15, -0.1) is 0 Å². The third-order valence-corrected chi connectivity index (χ3v) is 31.6. The number of hydrogen-bond donors (Lipinski definition) is 12. The molecule has 12 aromatic rings. The van der Waals surface area contributed by atoms with Crippen molar-refractivity contribution in [3.8, 4) is 28.7 Å². The summed E-state index contributed by atoms with van der Waals surface area (Å²) in [6.07, 6.45) is -3.19. The maximum atomic E-state index is 13.0. The Kier molecular flexibility index (Phi) is 38.0. The van der Waals surface area contributed by atoms with Gasteiger partial charge in [-0.05, 0) is 224 Å². The van der Waals surface area contributed by atoms with E-state index in [-0.39, 0.29) is 127 Å². The third kappa shape index (κ3) is 29.4. The van der Waals surface area contributed by atoms with Crippen molar-refractivity contribution in [3.63, 3.8) is 0 Å². The molecule has 8 amide bonds. The van der Waals surface area contributed by atoms with E-state index in [1.165, 1.54) is 123 Å². The summed E-state index contributed by atoms with van der Waals surface area (Å²) in [7, 11) is -15.9. The summed E-state index contributed by atoms with van der Waals surface area (Å²) in [5.74, 6) is -6.88. The number of benzene rings is 12. The van der Waals surface area contributed by atoms with Gasteiger partial charge < -0.3 is 67.1 Å². The van der Waals surface area contributed by atoms with Gasteiger partial charge in [-0.3, -0.25) is 38.4 Å². The number of phenols is 4. The molecule has 0 saturated heterocycles. The number of nitrogens with one attached hydrogen (secondary N) is 8. The van der Waals surface area contributed by atoms with Crippen LogP contribution in [0.2, 0.25) is 25.1 Å². The smallest absolute Gasteiger partial charge is 0.416 e. The molecule has 30 nitrogen and oxygen atoms in total. The molecule has 5 unspecified atom stereocenters. The van der Waals surface area contributed by atoms with Crippen LogP contribution in [0.3, 0.4) is 0 Å². The van der Waals surface area contributed by atoms with Crippen LogP contribution >= 0.6 is 58.0 Å². The number of hydrogen-bond acceptors (Lipinski definition) is 22. The molecule has 0 aliphatic carbocycles. The molecule has 0 radical (unpaired) electrons. The van der Waals surface area contributed by atoms with Gasteiger partial charge in [-0.25, -0.2) is 37.9 Å². The van der Waals surface area contributed by atoms with Gasteiger partial charge in [0.2, 0.25) is 34.7 Å². The first kappa shape index (κ1) is 111. The van der Waals surface area contributed by atoms with E-state index in [4.69, 9.17) is 62.2 Å². The minimum atomic E-state index is -4.56. The monoisotopic (exact) mass is 2120 g/mol. The molecule has 12 aromatic carbocycles. The Bertz CT molecular complexity index is 7030. The molecule has 5 atom stereocenters. The van der Waals surface area contributed by atoms with E-state index >= 15 is 0 Å². The number of alkyl halides is 3. The van der Waals surface area contributed by atoms with E-state index in [1.807, 2.05) is 27.7 Å². The summed E-state index contributed by atoms with van der Waals surface area (Å²) in [6, 6.07) is 56.4. The highest BCUT2D eigenvalue weighted by atomic mass is 35.5. The number of carbonyl (C=O) groups excluding carboxylic acids is 8. The second-order valence-corrected chi connectivity index (χ2v) is 43.1. The zero-order chi connectivity index (χ0) is 104. The number of carbonyl (C=O) groups is 8. The highest BCUT2D eigenvalue weighted by molar-refractivity contribution is 7.93. The van der Waals surface area contributed by atoms with Gasteiger partial charge in [0.05, 0.1) is 90.7 Å². The van der Waals surface area contributed by atoms with Crippen LogP contribution in [0, 0.1) is 34.6 Å². The van der Waals surface area contributed by atoms with E-state index in [1.54, 1.807) is 106 Å². The Morgan fingerprint density at radius 2 is 0.596 bits per heavy atom. The molecule has 0 heterocycles. The summed E-state index contributed by atoms with van der Waals surface area (Å²) in [5.41, 5.74) is 4.22. The minimum Gasteiger partial charge on any atom is -0.506 e. The summed E-state index contributed by atoms with van der Waals surface area (Å²) in [6.45, 7) is 15.1. The van der Waals surface area contributed by atoms with Gasteiger partial charge in [-0.1, -0.05) is 162 Å². The number of halogens is 8. The fourth-order valence-electron chi connectivity index (χ4n) is 13.0. The van der Waals surface area contributed by atoms with Crippen LogP contribution in [0.25, 0.3) is 0 Å². The van der Waals surface area contributed by atoms with Crippen LogP contribution in [0.4, 0.5) is 58.7 Å². The Morgan fingerprint density at radius 3 is 0.879 bits per heavy atom. The minimum absolute atomic E-state index is 0.00209. The fraction of sp³-hybridized carbons (Fsp3) is 0.184. The Labute approximate surface area is 838 Å². The highest BCUT2D eigenvalue weighted by Crippen LogP contribution is 2.41. The predicted octanol–water partition coefficient (Wildman–Crippen LogP) is 20.5. The Hall–Kier alpha value is -13.4. The van der Waals surface area contributed by atoms with Gasteiger partial charge >= 0.3 is 6.18 Å². The lowest BCUT2D eigenvalue weighted by molar-refractivity contribution is -0.137. The number of aryl methyl sites for hydroxylation is 5. The van der Waals surface area contributed by atoms with Crippen molar-refractivity contribution in [3.05, 3.63) is 323 Å². The Balaban J connectivity index is 0.000000210. The molecule has 0 aliphatic heterocycles. The van der Waals surface area contributed by atoms with Crippen LogP contribution in [-0.4, -0.2) is 133 Å². The van der Waals surface area contributed by atoms with Crippen LogP contribution in [-0.2, 0) is 75.8 Å². The lowest BCUT2D eigenvalue weighted by Gasteiger charge is -2.18. The topological polar surface area (TPSA) is 477 Å². The number of sulfone groups is 4. The number of rotatable bonds is 29. The molecular weight excluding hydrogens is 2040 g/mol. The second-order valence-electron chi connectivity index (χ2n) is 31.4. The summed E-state index contributed by atoms with van der Waals surface area (Å²) < 4.78 is 158. The molecule has 0 fully saturated rings. The Morgan fingerprint density at radius 1 is 0.333 bits per heavy atom. The van der Waals surface area contributed by atoms with E-state index in [0.717, 1.165) is 76.9 Å². The third-order valence-electron chi connectivity index (χ3n) is 20.9. The van der Waals surface area contributed by atoms with Crippen LogP contribution in [0.5, 0.6) is 28.7 Å². The summed E-state index contributed by atoms with van der Waals surface area (Å²) in [4.78, 5) is 101. The van der Waals surface area contributed by atoms with Crippen molar-refractivity contribution in [2.75, 3.05) is 48.8 Å². The largest absolute Gasteiger partial charge is 0.506 e. The maximum absolute atomic E-state index is 13.0. The average Bonchev–Trinajstić information content (AvgIpc) is 0.796. The number of phenolic OH excluding ortho intramolecular Hbond substituents is 4. The molecule has 12 N–H and O–H groups in total. The first-order valence-electron chi connectivity index (χ1n) is 42.1. The van der Waals surface area contributed by atoms with Crippen molar-refractivity contribution in [1.29, 1.82) is 0 Å². The molecule has 0 aromatic heterocycles. The van der Waals surface area contributed by atoms with Gasteiger partial charge in [0, 0.05) is 57.8 Å². The number of aromatic hydroxyl groups is 4. The number of anilines is 8. The van der Waals surface area contributed by atoms with Crippen molar-refractivity contribution in [2.24, 2.45) is 0 Å². The van der Waals surface area contributed by atoms with E-state index in [0.29, 0.717) is 27.5 Å². The normalized spacial score (nSPS) is 12.4. The molecule has 0 spiro atoms. The lowest BCUT2D eigenvalue weighted by atomic mass is 10.1. The SMILES string of the molecule is CCC(C(=O)Nc1cc(O)c(NC(=O)c2ccc(C(F)(F)F)cc2)cc1Cl)S(=O)(=O)c1cccc(C)c1.CCC(C(=O)Nc1cc(O)c(NC(=O)c2ccc(C)cc2)cc1Cl)S(=O)(=O)c1ccc(C)cc1.CCC(C(=O)Nc1cc(O)c(NC(=O)c2ccc(C)cc2)cc1Cl)S(=O)(=O)c1ccc(Cl)cc1.Cc1ccc(S(=O)(=O)C(C)C(=O)Nc2cc(O)c(NC(=O)c3ccc(OS(C)=O)cc3)cc2Cl)cc1. The van der Waals surface area contributed by atoms with Crippen molar-refractivity contribution < 1.29 is 114 Å². The van der Waals surface area contributed by atoms with Gasteiger partial charge in [0.1, 0.15) is 49.7 Å². The predicted molar refractivity (Wildman–Crippen MR) is 539 cm³/mol. The molecule has 0 bridgehead atoms. The maximum Gasteiger partial charge on any atom is 0.416 e. The molecule has 0 saturated carbocycles. The molecule has 141 heavy (non-hydrogen) atoms. The standard InChI is InChI=1S/C25H22ClF3N2O5S.C25H25ClN2O5S.C24H22Cl2N2O5S.C24H23ClN2O7S2/c1-3-22(37(35,36)17-6-4-5-14(2)11-17)24(34)30-19-13-21(32)20(12-18(19)26)31-23(33)15-7-9-16(10-8-15)25(27,28)29;1-4-23(34(32,33)18-11-7-16(3)8-12-18)25(31)27-20-14-22(29)21(13-19(20)26)28-24(30)17-9-5-15(2)6-10-17;1-3-22(34(32,33)17-10-8-16(25)9-11-17)24(31)27-19-13-21(29)20(12-18(19)26)28-23(30)15-6-4-14(2)5-7-15;1-14-4-10-18(11-5-14)36(32,33)15(2)23(29)26-20-13-22(28)21(12-19(20)25)27-24(30)16-6-8-17(9-7-16)34-35(3)31/h4-13,22,32H,3H2,1-2H3,(H,30,34)(H,31,33);5-14,23,29H,4H2,1-3H3,(H,27,31)(H,28,30);4-13,22,29H,3H2,1-2H3,(H,27,31)(H,28,30);4-13,15,28H,1-3H3,(H,26,29)(H,27,30). The van der Waals surface area contributed by atoms with Crippen molar-refractivity contribution in [1.82, 2.24) is 0 Å². The van der Waals surface area contributed by atoms with Gasteiger partial charge in [0.25, 0.3) is 23.6 Å². The number of amides is 8. The van der Waals surface area contributed by atoms with E-state index in [9.17, 15) is 110 Å². The zero-order valence-corrected chi connectivity index (χ0v) is 84.1. The van der Waals surface area contributed by atoms with Crippen LogP contribution < -0.4 is 46.7 Å². The first-order chi connectivity index (χ1) is 66.2. The van der Waals surface area contributed by atoms with Crippen LogP contribution in [0.15, 0.2) is 262 Å². The zero-order valence-electron chi connectivity index (χ0n) is 76.2. The molecule has 43 heteroatoms. The summed E-state index contributed by atoms with van der Waals surface area (Å²) in [5, 5.41) is 55.8. The molecule has 742 valence electrons. The van der Waals surface area contributed by atoms with E-state index < -0.39 is 142 Å². The van der Waals surface area contributed by atoms with Gasteiger partial charge in [0.15, 0.2) is 39.3 Å². The summed E-state index contributed by atoms with van der Waals surface area (Å²) >= 11 is 29.3. The first-order valence-corrected chi connectivity index (χ1v) is 51.7. The molecule has 0 aliphatic rings. The quantitative estimate of drug-likeness (QED) is 0.0194. The highest BCUT2D eigenvalue weighted by Gasteiger charge is 2.38. The van der Waals surface area contributed by atoms with Crippen LogP contribution in [0.1, 0.15) is 122 Å². The van der Waals surface area contributed by atoms with Gasteiger partial charge in [-0.2, -0.15) is 13.2 Å². The molecular formula is C98H92Cl5F3N8O22S5. The van der Waals surface area contributed by atoms with E-state index in [2.05, 4.69) is 42.5 Å². The van der Waals surface area contributed by atoms with Crippen molar-refractivity contribution in [2.45, 2.75) is 128 Å².